The molecular formula is C12H15BrINO2. The monoisotopic (exact) mass is 411 g/mol. The van der Waals surface area contributed by atoms with E-state index in [1.807, 2.05) is 39.0 Å². The summed E-state index contributed by atoms with van der Waals surface area (Å²) in [6.07, 6.45) is -0.395. The zero-order chi connectivity index (χ0) is 13.1. The van der Waals surface area contributed by atoms with Gasteiger partial charge in [0.25, 0.3) is 0 Å². The van der Waals surface area contributed by atoms with Crippen LogP contribution in [0.4, 0.5) is 4.79 Å². The smallest absolute Gasteiger partial charge is 0.407 e. The maximum absolute atomic E-state index is 11.5. The number of carbonyl (C=O) groups is 1. The van der Waals surface area contributed by atoms with E-state index in [1.165, 1.54) is 0 Å². The van der Waals surface area contributed by atoms with Gasteiger partial charge in [-0.15, -0.1) is 0 Å². The Bertz CT molecular complexity index is 415. The number of carbonyl (C=O) groups excluding carboxylic acids is 1. The van der Waals surface area contributed by atoms with E-state index in [1.54, 1.807) is 0 Å². The highest BCUT2D eigenvalue weighted by molar-refractivity contribution is 14.1. The lowest BCUT2D eigenvalue weighted by Crippen LogP contribution is -2.32. The van der Waals surface area contributed by atoms with E-state index < -0.39 is 11.7 Å². The number of amides is 1. The first-order valence-corrected chi connectivity index (χ1v) is 7.06. The molecule has 0 saturated heterocycles. The minimum atomic E-state index is -0.464. The van der Waals surface area contributed by atoms with Crippen LogP contribution >= 0.6 is 38.5 Å². The number of hydrogen-bond donors (Lipinski definition) is 1. The summed E-state index contributed by atoms with van der Waals surface area (Å²) in [6, 6.07) is 5.89. The van der Waals surface area contributed by atoms with Crippen LogP contribution in [0, 0.1) is 3.57 Å². The van der Waals surface area contributed by atoms with Crippen molar-refractivity contribution in [2.75, 3.05) is 0 Å². The normalized spacial score (nSPS) is 11.1. The first-order valence-electron chi connectivity index (χ1n) is 5.19. The first kappa shape index (κ1) is 14.8. The second-order valence-corrected chi connectivity index (χ2v) is 6.50. The van der Waals surface area contributed by atoms with Gasteiger partial charge in [-0.3, -0.25) is 0 Å². The number of rotatable bonds is 2. The van der Waals surface area contributed by atoms with Crippen molar-refractivity contribution in [1.29, 1.82) is 0 Å². The van der Waals surface area contributed by atoms with Gasteiger partial charge in [-0.05, 0) is 70.9 Å². The van der Waals surface area contributed by atoms with Crippen molar-refractivity contribution in [2.24, 2.45) is 0 Å². The predicted octanol–water partition coefficient (Wildman–Crippen LogP) is 4.08. The third-order valence-corrected chi connectivity index (χ3v) is 4.53. The first-order chi connectivity index (χ1) is 7.79. The lowest BCUT2D eigenvalue weighted by atomic mass is 10.2. The van der Waals surface area contributed by atoms with Crippen LogP contribution in [0.5, 0.6) is 0 Å². The molecule has 0 aliphatic carbocycles. The van der Waals surface area contributed by atoms with Crippen LogP contribution in [0.15, 0.2) is 22.7 Å². The average molecular weight is 412 g/mol. The van der Waals surface area contributed by atoms with E-state index in [9.17, 15) is 4.79 Å². The fraction of sp³-hybridized carbons (Fsp3) is 0.417. The Morgan fingerprint density at radius 1 is 1.47 bits per heavy atom. The number of hydrogen-bond acceptors (Lipinski definition) is 2. The van der Waals surface area contributed by atoms with Crippen molar-refractivity contribution in [2.45, 2.75) is 32.9 Å². The van der Waals surface area contributed by atoms with Gasteiger partial charge in [-0.2, -0.15) is 0 Å². The summed E-state index contributed by atoms with van der Waals surface area (Å²) in [6.45, 7) is 5.99. The molecule has 94 valence electrons. The maximum Gasteiger partial charge on any atom is 0.407 e. The van der Waals surface area contributed by atoms with Gasteiger partial charge in [-0.25, -0.2) is 4.79 Å². The van der Waals surface area contributed by atoms with Gasteiger partial charge < -0.3 is 10.1 Å². The summed E-state index contributed by atoms with van der Waals surface area (Å²) in [5.74, 6) is 0. The standard InChI is InChI=1S/C12H15BrINO2/c1-12(2,3)17-11(16)15-7-8-5-4-6-9(13)10(8)14/h4-6H,7H2,1-3H3,(H,15,16). The van der Waals surface area contributed by atoms with Crippen LogP contribution in [0.3, 0.4) is 0 Å². The molecule has 1 aromatic carbocycles. The Morgan fingerprint density at radius 2 is 2.12 bits per heavy atom. The molecule has 0 aliphatic rings. The molecule has 5 heteroatoms. The molecule has 0 aliphatic heterocycles. The zero-order valence-electron chi connectivity index (χ0n) is 10.0. The minimum absolute atomic E-state index is 0.395. The van der Waals surface area contributed by atoms with E-state index >= 15 is 0 Å². The van der Waals surface area contributed by atoms with Gasteiger partial charge in [-0.1, -0.05) is 12.1 Å². The number of nitrogens with one attached hydrogen (secondary N) is 1. The van der Waals surface area contributed by atoms with Crippen LogP contribution in [0.2, 0.25) is 0 Å². The van der Waals surface area contributed by atoms with E-state index in [0.717, 1.165) is 13.6 Å². The molecule has 17 heavy (non-hydrogen) atoms. The van der Waals surface area contributed by atoms with Crippen molar-refractivity contribution in [3.63, 3.8) is 0 Å². The molecule has 0 unspecified atom stereocenters. The van der Waals surface area contributed by atoms with Crippen molar-refractivity contribution >= 4 is 44.6 Å². The Balaban J connectivity index is 2.56. The summed E-state index contributed by atoms with van der Waals surface area (Å²) in [7, 11) is 0. The largest absolute Gasteiger partial charge is 0.444 e. The molecule has 0 atom stereocenters. The molecule has 0 saturated carbocycles. The third-order valence-electron chi connectivity index (χ3n) is 1.85. The number of benzene rings is 1. The molecule has 3 nitrogen and oxygen atoms in total. The van der Waals surface area contributed by atoms with E-state index in [2.05, 4.69) is 43.8 Å². The van der Waals surface area contributed by atoms with Crippen LogP contribution < -0.4 is 5.32 Å². The summed E-state index contributed by atoms with van der Waals surface area (Å²) in [5.41, 5.74) is 0.597. The average Bonchev–Trinajstić information content (AvgIpc) is 2.18. The van der Waals surface area contributed by atoms with E-state index in [-0.39, 0.29) is 0 Å². The zero-order valence-corrected chi connectivity index (χ0v) is 13.8. The highest BCUT2D eigenvalue weighted by atomic mass is 127. The Morgan fingerprint density at radius 3 is 2.71 bits per heavy atom. The summed E-state index contributed by atoms with van der Waals surface area (Å²) < 4.78 is 7.29. The Labute approximate surface area is 124 Å². The van der Waals surface area contributed by atoms with Gasteiger partial charge in [0.1, 0.15) is 5.60 Å². The lowest BCUT2D eigenvalue weighted by molar-refractivity contribution is 0.0523. The quantitative estimate of drug-likeness (QED) is 0.744. The van der Waals surface area contributed by atoms with Crippen LogP contribution in [-0.4, -0.2) is 11.7 Å². The number of ether oxygens (including phenoxy) is 1. The topological polar surface area (TPSA) is 38.3 Å². The molecule has 0 heterocycles. The van der Waals surface area contributed by atoms with Crippen molar-refractivity contribution in [1.82, 2.24) is 5.32 Å². The lowest BCUT2D eigenvalue weighted by Gasteiger charge is -2.19. The highest BCUT2D eigenvalue weighted by Gasteiger charge is 2.16. The molecule has 0 aromatic heterocycles. The van der Waals surface area contributed by atoms with Gasteiger partial charge in [0.15, 0.2) is 0 Å². The van der Waals surface area contributed by atoms with Gasteiger partial charge in [0, 0.05) is 14.6 Å². The number of alkyl carbamates (subject to hydrolysis) is 1. The Kier molecular flexibility index (Phi) is 5.24. The van der Waals surface area contributed by atoms with Crippen LogP contribution in [-0.2, 0) is 11.3 Å². The Hall–Kier alpha value is -0.300. The van der Waals surface area contributed by atoms with Crippen molar-refractivity contribution < 1.29 is 9.53 Å². The predicted molar refractivity (Wildman–Crippen MR) is 79.9 cm³/mol. The fourth-order valence-corrected chi connectivity index (χ4v) is 2.12. The maximum atomic E-state index is 11.5. The molecule has 0 spiro atoms. The molecular weight excluding hydrogens is 397 g/mol. The summed E-state index contributed by atoms with van der Waals surface area (Å²) in [4.78, 5) is 11.5. The highest BCUT2D eigenvalue weighted by Crippen LogP contribution is 2.22. The molecule has 0 radical (unpaired) electrons. The SMILES string of the molecule is CC(C)(C)OC(=O)NCc1cccc(Br)c1I. The molecule has 1 N–H and O–H groups in total. The fourth-order valence-electron chi connectivity index (χ4n) is 1.17. The van der Waals surface area contributed by atoms with Gasteiger partial charge in [0.2, 0.25) is 0 Å². The van der Waals surface area contributed by atoms with Gasteiger partial charge in [0.05, 0.1) is 0 Å². The van der Waals surface area contributed by atoms with Gasteiger partial charge >= 0.3 is 6.09 Å². The molecule has 0 bridgehead atoms. The van der Waals surface area contributed by atoms with Crippen molar-refractivity contribution in [3.05, 3.63) is 31.8 Å². The summed E-state index contributed by atoms with van der Waals surface area (Å²) >= 11 is 5.69. The minimum Gasteiger partial charge on any atom is -0.444 e. The summed E-state index contributed by atoms with van der Waals surface area (Å²) in [5, 5.41) is 2.74. The van der Waals surface area contributed by atoms with Crippen molar-refractivity contribution in [3.8, 4) is 0 Å². The second-order valence-electron chi connectivity index (χ2n) is 4.57. The number of halogens is 2. The second kappa shape index (κ2) is 6.04. The van der Waals surface area contributed by atoms with Crippen LogP contribution in [0.1, 0.15) is 26.3 Å². The molecule has 1 amide bonds. The molecule has 0 fully saturated rings. The third kappa shape index (κ3) is 5.25. The molecule has 1 rings (SSSR count). The van der Waals surface area contributed by atoms with E-state index in [0.29, 0.717) is 6.54 Å². The van der Waals surface area contributed by atoms with Crippen LogP contribution in [0.25, 0.3) is 0 Å². The molecule has 1 aromatic rings. The van der Waals surface area contributed by atoms with E-state index in [4.69, 9.17) is 4.74 Å².